The van der Waals surface area contributed by atoms with Crippen molar-refractivity contribution in [3.63, 3.8) is 0 Å². The molecule has 0 unspecified atom stereocenters. The molecule has 3 aromatic rings. The predicted octanol–water partition coefficient (Wildman–Crippen LogP) is 3.62. The molecule has 1 saturated heterocycles. The number of H-pyrrole nitrogens is 1. The van der Waals surface area contributed by atoms with Crippen LogP contribution in [0.15, 0.2) is 52.8 Å². The van der Waals surface area contributed by atoms with Crippen molar-refractivity contribution in [1.29, 1.82) is 0 Å². The molecule has 2 aliphatic heterocycles. The lowest BCUT2D eigenvalue weighted by Gasteiger charge is -2.33. The molecule has 0 atom stereocenters. The Balaban J connectivity index is 1.32. The molecule has 1 amide bonds. The van der Waals surface area contributed by atoms with Crippen LogP contribution in [0.1, 0.15) is 24.4 Å². The van der Waals surface area contributed by atoms with Crippen molar-refractivity contribution >= 4 is 34.6 Å². The summed E-state index contributed by atoms with van der Waals surface area (Å²) in [6.45, 7) is 1.47. The number of aromatic amines is 1. The van der Waals surface area contributed by atoms with E-state index in [1.807, 2.05) is 45.9 Å². The van der Waals surface area contributed by atoms with E-state index >= 15 is 0 Å². The number of ether oxygens (including phenoxy) is 1. The molecule has 0 spiro atoms. The van der Waals surface area contributed by atoms with E-state index in [1.165, 1.54) is 0 Å². The monoisotopic (exact) mass is 409 g/mol. The number of amides is 1. The van der Waals surface area contributed by atoms with E-state index in [0.29, 0.717) is 23.7 Å². The Labute approximate surface area is 172 Å². The molecule has 1 aromatic heterocycles. The highest BCUT2D eigenvalue weighted by Crippen LogP contribution is 2.31. The third-order valence-corrected chi connectivity index (χ3v) is 5.94. The van der Waals surface area contributed by atoms with Gasteiger partial charge in [0, 0.05) is 29.7 Å². The zero-order valence-electron chi connectivity index (χ0n) is 15.7. The highest BCUT2D eigenvalue weighted by Gasteiger charge is 2.28. The summed E-state index contributed by atoms with van der Waals surface area (Å²) in [5.74, 6) is 0.726. The van der Waals surface area contributed by atoms with Crippen molar-refractivity contribution in [2.24, 2.45) is 0 Å². The number of rotatable bonds is 2. The van der Waals surface area contributed by atoms with Crippen molar-refractivity contribution < 1.29 is 9.53 Å². The van der Waals surface area contributed by atoms with E-state index in [-0.39, 0.29) is 24.2 Å². The number of hydrogen-bond acceptors (Lipinski definition) is 3. The van der Waals surface area contributed by atoms with Gasteiger partial charge in [-0.2, -0.15) is 0 Å². The SMILES string of the molecule is O=C(C1=Cc2cc(Cl)ccc2OC1)N1CCC(n2c(=O)[nH]c3ccccc32)CC1. The van der Waals surface area contributed by atoms with Gasteiger partial charge in [-0.15, -0.1) is 0 Å². The molecule has 7 heteroatoms. The van der Waals surface area contributed by atoms with Crippen LogP contribution >= 0.6 is 11.6 Å². The quantitative estimate of drug-likeness (QED) is 0.702. The van der Waals surface area contributed by atoms with E-state index in [9.17, 15) is 9.59 Å². The van der Waals surface area contributed by atoms with Gasteiger partial charge in [0.25, 0.3) is 5.91 Å². The fraction of sp³-hybridized carbons (Fsp3) is 0.273. The number of aromatic nitrogens is 2. The van der Waals surface area contributed by atoms with Crippen molar-refractivity contribution in [2.45, 2.75) is 18.9 Å². The molecule has 3 heterocycles. The fourth-order valence-corrected chi connectivity index (χ4v) is 4.42. The van der Waals surface area contributed by atoms with E-state index in [2.05, 4.69) is 4.98 Å². The standard InChI is InChI=1S/C22H20ClN3O3/c23-16-5-6-20-14(12-16)11-15(13-29-20)21(27)25-9-7-17(8-10-25)26-19-4-2-1-3-18(19)24-22(26)28/h1-6,11-12,17H,7-10,13H2,(H,24,28). The lowest BCUT2D eigenvalue weighted by molar-refractivity contribution is -0.128. The Hall–Kier alpha value is -2.99. The zero-order chi connectivity index (χ0) is 20.0. The van der Waals surface area contributed by atoms with Gasteiger partial charge in [0.15, 0.2) is 0 Å². The minimum atomic E-state index is -0.0900. The van der Waals surface area contributed by atoms with Gasteiger partial charge in [-0.05, 0) is 49.2 Å². The number of fused-ring (bicyclic) bond motifs is 2. The lowest BCUT2D eigenvalue weighted by atomic mass is 10.0. The minimum Gasteiger partial charge on any atom is -0.488 e. The molecule has 0 radical (unpaired) electrons. The van der Waals surface area contributed by atoms with Gasteiger partial charge >= 0.3 is 5.69 Å². The third-order valence-electron chi connectivity index (χ3n) is 5.70. The van der Waals surface area contributed by atoms with Crippen molar-refractivity contribution in [2.75, 3.05) is 19.7 Å². The molecule has 2 aromatic carbocycles. The maximum atomic E-state index is 13.0. The van der Waals surface area contributed by atoms with Crippen LogP contribution in [-0.4, -0.2) is 40.1 Å². The molecule has 0 bridgehead atoms. The van der Waals surface area contributed by atoms with E-state index in [4.69, 9.17) is 16.3 Å². The second-order valence-electron chi connectivity index (χ2n) is 7.48. The first-order valence-corrected chi connectivity index (χ1v) is 10.1. The fourth-order valence-electron chi connectivity index (χ4n) is 4.24. The number of para-hydroxylation sites is 2. The highest BCUT2D eigenvalue weighted by atomic mass is 35.5. The maximum Gasteiger partial charge on any atom is 0.326 e. The summed E-state index contributed by atoms with van der Waals surface area (Å²) in [6.07, 6.45) is 3.34. The second kappa shape index (κ2) is 7.12. The van der Waals surface area contributed by atoms with Crippen LogP contribution < -0.4 is 10.4 Å². The average Bonchev–Trinajstić information content (AvgIpc) is 3.08. The molecular formula is C22H20ClN3O3. The molecule has 0 saturated carbocycles. The molecule has 1 fully saturated rings. The van der Waals surface area contributed by atoms with Crippen LogP contribution in [0.25, 0.3) is 17.1 Å². The van der Waals surface area contributed by atoms with Gasteiger partial charge < -0.3 is 14.6 Å². The largest absolute Gasteiger partial charge is 0.488 e. The number of benzene rings is 2. The summed E-state index contributed by atoms with van der Waals surface area (Å²) in [6, 6.07) is 13.2. The number of carbonyl (C=O) groups excluding carboxylic acids is 1. The first-order chi connectivity index (χ1) is 14.1. The highest BCUT2D eigenvalue weighted by molar-refractivity contribution is 6.30. The summed E-state index contributed by atoms with van der Waals surface area (Å²) >= 11 is 6.06. The Morgan fingerprint density at radius 2 is 1.93 bits per heavy atom. The summed E-state index contributed by atoms with van der Waals surface area (Å²) in [5, 5.41) is 0.613. The van der Waals surface area contributed by atoms with Crippen LogP contribution in [0, 0.1) is 0 Å². The number of imidazole rings is 1. The van der Waals surface area contributed by atoms with Gasteiger partial charge in [-0.25, -0.2) is 4.79 Å². The van der Waals surface area contributed by atoms with Crippen LogP contribution in [0.4, 0.5) is 0 Å². The van der Waals surface area contributed by atoms with Gasteiger partial charge in [0.1, 0.15) is 12.4 Å². The zero-order valence-corrected chi connectivity index (χ0v) is 16.5. The van der Waals surface area contributed by atoms with Crippen molar-refractivity contribution in [3.05, 3.63) is 69.1 Å². The smallest absolute Gasteiger partial charge is 0.326 e. The number of carbonyl (C=O) groups is 1. The molecule has 2 aliphatic rings. The number of likely N-dealkylation sites (tertiary alicyclic amines) is 1. The minimum absolute atomic E-state index is 0.0136. The Kier molecular flexibility index (Phi) is 4.43. The number of nitrogens with zero attached hydrogens (tertiary/aromatic N) is 2. The molecule has 148 valence electrons. The Morgan fingerprint density at radius 1 is 1.14 bits per heavy atom. The van der Waals surface area contributed by atoms with Crippen molar-refractivity contribution in [3.8, 4) is 5.75 Å². The predicted molar refractivity (Wildman–Crippen MR) is 112 cm³/mol. The first kappa shape index (κ1) is 18.1. The molecular weight excluding hydrogens is 390 g/mol. The number of nitrogens with one attached hydrogen (secondary N) is 1. The molecule has 1 N–H and O–H groups in total. The van der Waals surface area contributed by atoms with Crippen LogP contribution in [0.3, 0.4) is 0 Å². The molecule has 0 aliphatic carbocycles. The molecule has 29 heavy (non-hydrogen) atoms. The van der Waals surface area contributed by atoms with Crippen LogP contribution in [0.5, 0.6) is 5.75 Å². The van der Waals surface area contributed by atoms with Crippen LogP contribution in [0.2, 0.25) is 5.02 Å². The van der Waals surface area contributed by atoms with E-state index < -0.39 is 0 Å². The Bertz CT molecular complexity index is 1190. The van der Waals surface area contributed by atoms with E-state index in [1.54, 1.807) is 12.1 Å². The summed E-state index contributed by atoms with van der Waals surface area (Å²) in [4.78, 5) is 30.2. The van der Waals surface area contributed by atoms with Gasteiger partial charge in [0.2, 0.25) is 0 Å². The first-order valence-electron chi connectivity index (χ1n) is 9.71. The topological polar surface area (TPSA) is 67.3 Å². The van der Waals surface area contributed by atoms with Gasteiger partial charge in [-0.3, -0.25) is 9.36 Å². The van der Waals surface area contributed by atoms with Crippen LogP contribution in [-0.2, 0) is 4.79 Å². The molecule has 5 rings (SSSR count). The summed E-state index contributed by atoms with van der Waals surface area (Å²) < 4.78 is 7.55. The van der Waals surface area contributed by atoms with E-state index in [0.717, 1.165) is 35.2 Å². The molecule has 6 nitrogen and oxygen atoms in total. The second-order valence-corrected chi connectivity index (χ2v) is 7.92. The number of halogens is 1. The maximum absolute atomic E-state index is 13.0. The third kappa shape index (κ3) is 3.23. The van der Waals surface area contributed by atoms with Gasteiger partial charge in [0.05, 0.1) is 16.6 Å². The summed E-state index contributed by atoms with van der Waals surface area (Å²) in [5.41, 5.74) is 3.12. The van der Waals surface area contributed by atoms with Gasteiger partial charge in [-0.1, -0.05) is 23.7 Å². The summed E-state index contributed by atoms with van der Waals surface area (Å²) in [7, 11) is 0. The normalized spacial score (nSPS) is 17.0. The lowest BCUT2D eigenvalue weighted by Crippen LogP contribution is -2.42. The van der Waals surface area contributed by atoms with Crippen molar-refractivity contribution in [1.82, 2.24) is 14.5 Å². The number of hydrogen-bond donors (Lipinski definition) is 1. The Morgan fingerprint density at radius 3 is 2.76 bits per heavy atom. The number of piperidine rings is 1. The average molecular weight is 410 g/mol.